The minimum absolute atomic E-state index is 0.962. The number of allylic oxidation sites excluding steroid dienone is 4. The molecule has 4 heteroatoms. The minimum Gasteiger partial charge on any atom is -0.355 e. The number of aryl methyl sites for hydroxylation is 4. The number of hydrogen-bond donors (Lipinski definition) is 2. The quantitative estimate of drug-likeness (QED) is 0.415. The lowest BCUT2D eigenvalue weighted by Crippen LogP contribution is -1.88. The Labute approximate surface area is 207 Å². The molecule has 0 fully saturated rings. The van der Waals surface area contributed by atoms with E-state index in [4.69, 9.17) is 9.97 Å². The summed E-state index contributed by atoms with van der Waals surface area (Å²) in [5.74, 6) is 0. The van der Waals surface area contributed by atoms with Crippen LogP contribution in [0.1, 0.15) is 92.5 Å². The minimum atomic E-state index is 0.962. The van der Waals surface area contributed by atoms with E-state index in [9.17, 15) is 0 Å². The van der Waals surface area contributed by atoms with Crippen LogP contribution in [-0.2, 0) is 19.3 Å². The number of nitrogens with zero attached hydrogens (tertiary/aromatic N) is 2. The van der Waals surface area contributed by atoms with Crippen molar-refractivity contribution in [3.63, 3.8) is 0 Å². The number of fused-ring (bicyclic) bond motifs is 8. The molecule has 0 radical (unpaired) electrons. The number of hydrogen-bond acceptors (Lipinski definition) is 2. The Morgan fingerprint density at radius 2 is 1.54 bits per heavy atom. The fraction of sp³-hybridized carbons (Fsp3) is 0.355. The Morgan fingerprint density at radius 1 is 0.743 bits per heavy atom. The van der Waals surface area contributed by atoms with Gasteiger partial charge in [0.05, 0.1) is 22.8 Å². The normalized spacial score (nSPS) is 15.0. The van der Waals surface area contributed by atoms with Gasteiger partial charge in [0.15, 0.2) is 0 Å². The smallest absolute Gasteiger partial charge is 0.0725 e. The van der Waals surface area contributed by atoms with E-state index in [0.29, 0.717) is 0 Å². The van der Waals surface area contributed by atoms with Crippen LogP contribution >= 0.6 is 0 Å². The van der Waals surface area contributed by atoms with Crippen LogP contribution in [0.15, 0.2) is 24.3 Å². The van der Waals surface area contributed by atoms with Crippen LogP contribution in [0.3, 0.4) is 0 Å². The average molecular weight is 463 g/mol. The third-order valence-corrected chi connectivity index (χ3v) is 8.27. The zero-order chi connectivity index (χ0) is 24.4. The number of aromatic nitrogens is 4. The highest BCUT2D eigenvalue weighted by atomic mass is 14.8. The first kappa shape index (κ1) is 22.1. The van der Waals surface area contributed by atoms with Crippen LogP contribution in [0.4, 0.5) is 0 Å². The molecule has 0 aromatic carbocycles. The van der Waals surface area contributed by atoms with Gasteiger partial charge in [0.2, 0.25) is 0 Å². The van der Waals surface area contributed by atoms with Gasteiger partial charge in [-0.05, 0) is 116 Å². The van der Waals surface area contributed by atoms with Gasteiger partial charge >= 0.3 is 0 Å². The van der Waals surface area contributed by atoms with Gasteiger partial charge in [0, 0.05) is 27.6 Å². The SMILES string of the molecule is CCC1=C(C)c2cc3[nH]c(cc4cc(CC)c([nH]4)c4c5nc(cc1n2)C(C)=C5CC4)c(C)c3CC. The van der Waals surface area contributed by atoms with Gasteiger partial charge in [0.25, 0.3) is 0 Å². The van der Waals surface area contributed by atoms with E-state index in [1.54, 1.807) is 0 Å². The molecule has 0 spiro atoms. The maximum atomic E-state index is 5.20. The highest BCUT2D eigenvalue weighted by Crippen LogP contribution is 2.42. The Bertz CT molecular complexity index is 1620. The monoisotopic (exact) mass is 462 g/mol. The van der Waals surface area contributed by atoms with Crippen molar-refractivity contribution in [3.05, 3.63) is 69.3 Å². The second-order valence-electron chi connectivity index (χ2n) is 10.1. The molecule has 3 aromatic rings. The van der Waals surface area contributed by atoms with Gasteiger partial charge in [-0.15, -0.1) is 0 Å². The van der Waals surface area contributed by atoms with Crippen LogP contribution in [-0.4, -0.2) is 19.9 Å². The van der Waals surface area contributed by atoms with Gasteiger partial charge in [-0.2, -0.15) is 0 Å². The molecule has 0 amide bonds. The lowest BCUT2D eigenvalue weighted by atomic mass is 10.0. The van der Waals surface area contributed by atoms with Crippen molar-refractivity contribution in [2.24, 2.45) is 0 Å². The molecule has 2 N–H and O–H groups in total. The molecule has 6 rings (SSSR count). The molecule has 3 aromatic heterocycles. The first-order chi connectivity index (χ1) is 16.9. The zero-order valence-corrected chi connectivity index (χ0v) is 21.7. The summed E-state index contributed by atoms with van der Waals surface area (Å²) in [6, 6.07) is 9.06. The lowest BCUT2D eigenvalue weighted by molar-refractivity contribution is 1.07. The number of H-pyrrole nitrogens is 2. The van der Waals surface area contributed by atoms with Crippen molar-refractivity contribution in [2.75, 3.05) is 0 Å². The van der Waals surface area contributed by atoms with E-state index in [0.717, 1.165) is 54.7 Å². The van der Waals surface area contributed by atoms with Crippen molar-refractivity contribution in [2.45, 2.75) is 73.6 Å². The first-order valence-electron chi connectivity index (χ1n) is 13.1. The zero-order valence-electron chi connectivity index (χ0n) is 21.7. The molecule has 35 heavy (non-hydrogen) atoms. The van der Waals surface area contributed by atoms with Crippen LogP contribution in [0.25, 0.3) is 44.4 Å². The largest absolute Gasteiger partial charge is 0.355 e. The molecular formula is C31H34N4. The van der Waals surface area contributed by atoms with Crippen LogP contribution < -0.4 is 0 Å². The maximum absolute atomic E-state index is 5.20. The van der Waals surface area contributed by atoms with E-state index < -0.39 is 0 Å². The van der Waals surface area contributed by atoms with Crippen LogP contribution in [0.2, 0.25) is 0 Å². The van der Waals surface area contributed by atoms with Gasteiger partial charge < -0.3 is 9.97 Å². The Kier molecular flexibility index (Phi) is 5.10. The molecule has 5 heterocycles. The van der Waals surface area contributed by atoms with Crippen molar-refractivity contribution >= 4 is 44.4 Å². The predicted octanol–water partition coefficient (Wildman–Crippen LogP) is 7.97. The van der Waals surface area contributed by atoms with Crippen molar-refractivity contribution in [1.29, 1.82) is 0 Å². The topological polar surface area (TPSA) is 57.4 Å². The standard InChI is InChI=1S/C31H34N4/c1-7-19-12-20-13-25-16(4)21(8-2)28(33-25)14-26-17(5)22(9-3)29(34-26)15-27-18(6)23-10-11-24(30(19)32-20)31(23)35-27/h12-15,32-33H,7-11H2,1-6H3. The van der Waals surface area contributed by atoms with Gasteiger partial charge in [-0.25, -0.2) is 9.97 Å². The molecular weight excluding hydrogens is 428 g/mol. The van der Waals surface area contributed by atoms with Gasteiger partial charge in [0.1, 0.15) is 0 Å². The Hall–Kier alpha value is -3.40. The van der Waals surface area contributed by atoms with Gasteiger partial charge in [-0.1, -0.05) is 20.8 Å². The van der Waals surface area contributed by atoms with E-state index in [2.05, 4.69) is 75.8 Å². The highest BCUT2D eigenvalue weighted by Gasteiger charge is 2.27. The van der Waals surface area contributed by atoms with Crippen molar-refractivity contribution < 1.29 is 0 Å². The molecule has 1 aliphatic carbocycles. The predicted molar refractivity (Wildman–Crippen MR) is 148 cm³/mol. The lowest BCUT2D eigenvalue weighted by Gasteiger charge is -2.01. The Morgan fingerprint density at radius 3 is 2.29 bits per heavy atom. The van der Waals surface area contributed by atoms with E-state index >= 15 is 0 Å². The molecule has 4 nitrogen and oxygen atoms in total. The summed E-state index contributed by atoms with van der Waals surface area (Å²) in [5, 5.41) is 0. The maximum Gasteiger partial charge on any atom is 0.0725 e. The number of nitrogens with one attached hydrogen (secondary N) is 2. The third-order valence-electron chi connectivity index (χ3n) is 8.27. The number of rotatable bonds is 3. The molecule has 0 unspecified atom stereocenters. The molecule has 2 aliphatic heterocycles. The summed E-state index contributed by atoms with van der Waals surface area (Å²) in [6.07, 6.45) is 5.05. The summed E-state index contributed by atoms with van der Waals surface area (Å²) in [6.45, 7) is 13.4. The fourth-order valence-electron chi connectivity index (χ4n) is 6.22. The number of aromatic amines is 2. The summed E-state index contributed by atoms with van der Waals surface area (Å²) >= 11 is 0. The summed E-state index contributed by atoms with van der Waals surface area (Å²) in [5.41, 5.74) is 19.8. The van der Waals surface area contributed by atoms with Crippen LogP contribution in [0, 0.1) is 6.92 Å². The first-order valence-corrected chi connectivity index (χ1v) is 13.1. The molecule has 3 aliphatic rings. The fourth-order valence-corrected chi connectivity index (χ4v) is 6.22. The van der Waals surface area contributed by atoms with Crippen molar-refractivity contribution in [1.82, 2.24) is 19.9 Å². The van der Waals surface area contributed by atoms with E-state index in [1.807, 2.05) is 0 Å². The van der Waals surface area contributed by atoms with Gasteiger partial charge in [-0.3, -0.25) is 0 Å². The molecule has 8 bridgehead atoms. The van der Waals surface area contributed by atoms with E-state index in [-0.39, 0.29) is 0 Å². The van der Waals surface area contributed by atoms with Crippen LogP contribution in [0.5, 0.6) is 0 Å². The molecule has 0 atom stereocenters. The Balaban J connectivity index is 1.81. The van der Waals surface area contributed by atoms with E-state index in [1.165, 1.54) is 66.8 Å². The highest BCUT2D eigenvalue weighted by molar-refractivity contribution is 5.97. The average Bonchev–Trinajstić information content (AvgIpc) is 3.62. The second kappa shape index (κ2) is 8.08. The third kappa shape index (κ3) is 3.26. The summed E-state index contributed by atoms with van der Waals surface area (Å²) in [4.78, 5) is 17.8. The molecule has 0 saturated heterocycles. The molecule has 0 saturated carbocycles. The summed E-state index contributed by atoms with van der Waals surface area (Å²) in [7, 11) is 0. The second-order valence-corrected chi connectivity index (χ2v) is 10.1. The summed E-state index contributed by atoms with van der Waals surface area (Å²) < 4.78 is 0. The van der Waals surface area contributed by atoms with Crippen molar-refractivity contribution in [3.8, 4) is 0 Å². The molecule has 178 valence electrons.